The van der Waals surface area contributed by atoms with Crippen LogP contribution in [0.1, 0.15) is 78.1 Å². The number of fused-ring (bicyclic) bond motifs is 1. The van der Waals surface area contributed by atoms with Gasteiger partial charge in [-0.2, -0.15) is 0 Å². The molecule has 10 nitrogen and oxygen atoms in total. The first-order valence-electron chi connectivity index (χ1n) is 11.9. The van der Waals surface area contributed by atoms with Crippen molar-refractivity contribution >= 4 is 23.8 Å². The monoisotopic (exact) mass is 471 g/mol. The average Bonchev–Trinajstić information content (AvgIpc) is 3.23. The van der Waals surface area contributed by atoms with Crippen LogP contribution < -0.4 is 0 Å². The van der Waals surface area contributed by atoms with E-state index in [-0.39, 0.29) is 18.4 Å². The lowest BCUT2D eigenvalue weighted by atomic mass is 9.97. The zero-order valence-corrected chi connectivity index (χ0v) is 19.6. The Kier molecular flexibility index (Phi) is 11.1. The molecule has 1 amide bonds. The number of carbonyl (C=O) groups is 4. The van der Waals surface area contributed by atoms with Crippen molar-refractivity contribution in [1.29, 1.82) is 0 Å². The largest absolute Gasteiger partial charge is 0.466 e. The van der Waals surface area contributed by atoms with E-state index in [0.717, 1.165) is 38.5 Å². The van der Waals surface area contributed by atoms with Gasteiger partial charge < -0.3 is 24.4 Å². The topological polar surface area (TPSA) is 140 Å². The van der Waals surface area contributed by atoms with Crippen LogP contribution in [0.2, 0.25) is 0 Å². The van der Waals surface area contributed by atoms with Gasteiger partial charge in [0.25, 0.3) is 0 Å². The van der Waals surface area contributed by atoms with Gasteiger partial charge in [-0.1, -0.05) is 19.3 Å². The summed E-state index contributed by atoms with van der Waals surface area (Å²) in [5, 5.41) is 20.7. The molecule has 0 aromatic carbocycles. The Hall–Kier alpha value is -2.20. The molecule has 0 bridgehead atoms. The van der Waals surface area contributed by atoms with E-state index in [4.69, 9.17) is 14.2 Å². The lowest BCUT2D eigenvalue weighted by molar-refractivity contribution is -0.151. The number of hydrogen-bond donors (Lipinski definition) is 2. The second-order valence-corrected chi connectivity index (χ2v) is 8.81. The van der Waals surface area contributed by atoms with E-state index < -0.39 is 42.5 Å². The van der Waals surface area contributed by atoms with Crippen LogP contribution in [0.25, 0.3) is 0 Å². The number of carbonyl (C=O) groups excluding carboxylic acids is 4. The highest BCUT2D eigenvalue weighted by Crippen LogP contribution is 2.34. The van der Waals surface area contributed by atoms with Gasteiger partial charge in [0.1, 0.15) is 36.7 Å². The number of aliphatic hydroxyl groups excluding tert-OH is 2. The Balaban J connectivity index is 1.65. The number of nitrogens with zero attached hydrogens (tertiary/aromatic N) is 1. The van der Waals surface area contributed by atoms with E-state index in [1.165, 1.54) is 18.7 Å². The number of amides is 1. The Morgan fingerprint density at radius 2 is 1.61 bits per heavy atom. The second-order valence-electron chi connectivity index (χ2n) is 8.81. The summed E-state index contributed by atoms with van der Waals surface area (Å²) in [6.45, 7) is 3.00. The zero-order chi connectivity index (χ0) is 24.4. The van der Waals surface area contributed by atoms with Gasteiger partial charge in [-0.15, -0.1) is 0 Å². The third-order valence-electron chi connectivity index (χ3n) is 6.16. The van der Waals surface area contributed by atoms with Crippen LogP contribution in [0.15, 0.2) is 0 Å². The first kappa shape index (κ1) is 27.0. The molecule has 2 saturated heterocycles. The van der Waals surface area contributed by atoms with E-state index in [0.29, 0.717) is 32.3 Å². The first-order valence-corrected chi connectivity index (χ1v) is 11.9. The van der Waals surface area contributed by atoms with Crippen molar-refractivity contribution < 1.29 is 43.6 Å². The molecule has 5 atom stereocenters. The van der Waals surface area contributed by atoms with Crippen molar-refractivity contribution in [2.45, 2.75) is 108 Å². The molecule has 2 aliphatic heterocycles. The molecule has 0 aromatic heterocycles. The van der Waals surface area contributed by atoms with Gasteiger partial charge >= 0.3 is 18.0 Å². The van der Waals surface area contributed by atoms with Gasteiger partial charge in [0.05, 0.1) is 12.6 Å². The normalized spacial score (nSPS) is 24.8. The molecule has 188 valence electrons. The highest BCUT2D eigenvalue weighted by molar-refractivity contribution is 5.78. The maximum Gasteiger partial charge on any atom is 0.410 e. The minimum atomic E-state index is -1.20. The maximum absolute atomic E-state index is 12.1. The molecule has 0 saturated carbocycles. The highest BCUT2D eigenvalue weighted by Gasteiger charge is 2.57. The van der Waals surface area contributed by atoms with Crippen molar-refractivity contribution in [1.82, 2.24) is 4.90 Å². The smallest absolute Gasteiger partial charge is 0.410 e. The molecule has 2 fully saturated rings. The summed E-state index contributed by atoms with van der Waals surface area (Å²) in [6, 6.07) is -1.46. The van der Waals surface area contributed by atoms with Crippen molar-refractivity contribution in [2.75, 3.05) is 13.2 Å². The molecule has 2 aliphatic rings. The summed E-state index contributed by atoms with van der Waals surface area (Å²) in [4.78, 5) is 47.5. The van der Waals surface area contributed by atoms with Crippen LogP contribution in [0, 0.1) is 0 Å². The molecule has 2 rings (SSSR count). The number of ether oxygens (including phenoxy) is 3. The lowest BCUT2D eigenvalue weighted by Crippen LogP contribution is -2.48. The molecule has 2 N–H and O–H groups in total. The molecule has 0 aliphatic carbocycles. The summed E-state index contributed by atoms with van der Waals surface area (Å²) in [7, 11) is 0. The number of Topliss-reactive ketones (excluding diaryl/α,β-unsaturated/α-hetero) is 1. The van der Waals surface area contributed by atoms with Crippen LogP contribution in [0.4, 0.5) is 4.79 Å². The number of esters is 2. The molecule has 0 spiro atoms. The highest BCUT2D eigenvalue weighted by atomic mass is 16.6. The van der Waals surface area contributed by atoms with E-state index in [2.05, 4.69) is 0 Å². The number of unbranched alkanes of at least 4 members (excludes halogenated alkanes) is 5. The lowest BCUT2D eigenvalue weighted by Gasteiger charge is -2.30. The van der Waals surface area contributed by atoms with Crippen LogP contribution in [-0.4, -0.2) is 82.5 Å². The first-order chi connectivity index (χ1) is 15.7. The van der Waals surface area contributed by atoms with Crippen LogP contribution >= 0.6 is 0 Å². The Morgan fingerprint density at radius 3 is 2.27 bits per heavy atom. The van der Waals surface area contributed by atoms with E-state index in [1.54, 1.807) is 0 Å². The second kappa shape index (κ2) is 13.5. The summed E-state index contributed by atoms with van der Waals surface area (Å²) >= 11 is 0. The fourth-order valence-electron chi connectivity index (χ4n) is 4.52. The zero-order valence-electron chi connectivity index (χ0n) is 19.6. The summed E-state index contributed by atoms with van der Waals surface area (Å²) in [6.07, 6.45) is 3.42. The van der Waals surface area contributed by atoms with Crippen LogP contribution in [-0.2, 0) is 28.6 Å². The molecule has 33 heavy (non-hydrogen) atoms. The van der Waals surface area contributed by atoms with Crippen LogP contribution in [0.3, 0.4) is 0 Å². The SMILES string of the molecule is CC(=O)OCCCCC(=O)CCCCCCC[C@@H](OC(C)=O)[C@@H]1[C@@H](O)[C@H](O)[C@H]2COC(=O)N12. The van der Waals surface area contributed by atoms with Crippen LogP contribution in [0.5, 0.6) is 0 Å². The van der Waals surface area contributed by atoms with E-state index in [1.807, 2.05) is 0 Å². The van der Waals surface area contributed by atoms with Crippen molar-refractivity contribution in [3.63, 3.8) is 0 Å². The van der Waals surface area contributed by atoms with Crippen molar-refractivity contribution in [3.8, 4) is 0 Å². The van der Waals surface area contributed by atoms with E-state index in [9.17, 15) is 29.4 Å². The maximum atomic E-state index is 12.1. The van der Waals surface area contributed by atoms with Gasteiger partial charge in [-0.3, -0.25) is 19.3 Å². The fourth-order valence-corrected chi connectivity index (χ4v) is 4.52. The predicted molar refractivity (Wildman–Crippen MR) is 116 cm³/mol. The van der Waals surface area contributed by atoms with Gasteiger partial charge in [0, 0.05) is 26.7 Å². The molecule has 0 radical (unpaired) electrons. The quantitative estimate of drug-likeness (QED) is 0.208. The fraction of sp³-hybridized carbons (Fsp3) is 0.826. The third-order valence-corrected chi connectivity index (χ3v) is 6.16. The summed E-state index contributed by atoms with van der Waals surface area (Å²) in [5.41, 5.74) is 0. The molecule has 0 unspecified atom stereocenters. The molecular weight excluding hydrogens is 434 g/mol. The standard InChI is InChI=1S/C23H37NO9/c1-15(25)31-13-9-8-11-17(27)10-6-4-3-5-7-12-19(33-16(2)26)20-22(29)21(28)18-14-32-23(30)24(18)20/h18-22,28-29H,3-14H2,1-2H3/t18-,19-,20-,21-,22-/m1/s1. The van der Waals surface area contributed by atoms with E-state index >= 15 is 0 Å². The Labute approximate surface area is 194 Å². The molecular formula is C23H37NO9. The summed E-state index contributed by atoms with van der Waals surface area (Å²) in [5.74, 6) is -0.599. The molecule has 2 heterocycles. The molecule has 10 heteroatoms. The number of cyclic esters (lactones) is 1. The number of ketones is 1. The van der Waals surface area contributed by atoms with Gasteiger partial charge in [-0.05, 0) is 32.1 Å². The third kappa shape index (κ3) is 8.26. The number of hydrogen-bond acceptors (Lipinski definition) is 9. The number of rotatable bonds is 15. The van der Waals surface area contributed by atoms with Gasteiger partial charge in [0.2, 0.25) is 0 Å². The van der Waals surface area contributed by atoms with Gasteiger partial charge in [-0.25, -0.2) is 4.79 Å². The predicted octanol–water partition coefficient (Wildman–Crippen LogP) is 1.88. The summed E-state index contributed by atoms with van der Waals surface area (Å²) < 4.78 is 15.2. The minimum Gasteiger partial charge on any atom is -0.466 e. The van der Waals surface area contributed by atoms with Crippen molar-refractivity contribution in [3.05, 3.63) is 0 Å². The Morgan fingerprint density at radius 1 is 0.970 bits per heavy atom. The Bertz CT molecular complexity index is 683. The van der Waals surface area contributed by atoms with Gasteiger partial charge in [0.15, 0.2) is 0 Å². The number of aliphatic hydroxyl groups is 2. The minimum absolute atomic E-state index is 0.00522. The van der Waals surface area contributed by atoms with Crippen molar-refractivity contribution in [2.24, 2.45) is 0 Å². The molecule has 0 aromatic rings. The average molecular weight is 472 g/mol.